The van der Waals surface area contributed by atoms with Crippen LogP contribution < -0.4 is 14.8 Å². The predicted molar refractivity (Wildman–Crippen MR) is 117 cm³/mol. The summed E-state index contributed by atoms with van der Waals surface area (Å²) in [6, 6.07) is 7.24. The average molecular weight is 510 g/mol. The van der Waals surface area contributed by atoms with E-state index in [1.54, 1.807) is 18.2 Å². The van der Waals surface area contributed by atoms with Crippen LogP contribution in [-0.2, 0) is 20.9 Å². The zero-order chi connectivity index (χ0) is 26.0. The monoisotopic (exact) mass is 510 g/mol. The predicted octanol–water partition coefficient (Wildman–Crippen LogP) is 4.50. The molecule has 1 atom stereocenters. The number of nitrogens with one attached hydrogen (secondary N) is 1. The summed E-state index contributed by atoms with van der Waals surface area (Å²) in [6.45, 7) is -6.58. The highest BCUT2D eigenvalue weighted by molar-refractivity contribution is 6.07. The Balaban J connectivity index is 1.69. The fourth-order valence-electron chi connectivity index (χ4n) is 4.08. The molecule has 1 aliphatic carbocycles. The SMILES string of the molecule is COC(=O)CC(c1ccc(OC(F)F)c(OC(F)F)c1)N1Cc2cccc(NC(=O)C3CC3)c2C1=O. The number of carbonyl (C=O) groups excluding carboxylic acids is 3. The Morgan fingerprint density at radius 1 is 1.06 bits per heavy atom. The van der Waals surface area contributed by atoms with E-state index in [1.165, 1.54) is 11.0 Å². The molecule has 1 fully saturated rings. The van der Waals surface area contributed by atoms with Crippen LogP contribution >= 0.6 is 0 Å². The van der Waals surface area contributed by atoms with Gasteiger partial charge < -0.3 is 24.4 Å². The van der Waals surface area contributed by atoms with Gasteiger partial charge in [0.1, 0.15) is 0 Å². The first-order chi connectivity index (χ1) is 17.2. The maximum atomic E-state index is 13.5. The van der Waals surface area contributed by atoms with Crippen molar-refractivity contribution in [2.75, 3.05) is 12.4 Å². The van der Waals surface area contributed by atoms with Gasteiger partial charge in [-0.25, -0.2) is 0 Å². The molecule has 0 spiro atoms. The molecule has 0 radical (unpaired) electrons. The van der Waals surface area contributed by atoms with Crippen LogP contribution in [0.3, 0.4) is 0 Å². The van der Waals surface area contributed by atoms with Crippen molar-refractivity contribution in [3.8, 4) is 11.5 Å². The third-order valence-corrected chi connectivity index (χ3v) is 5.92. The number of hydrogen-bond donors (Lipinski definition) is 1. The van der Waals surface area contributed by atoms with Gasteiger partial charge in [-0.3, -0.25) is 14.4 Å². The second kappa shape index (κ2) is 10.4. The Morgan fingerprint density at radius 2 is 1.75 bits per heavy atom. The number of anilines is 1. The normalized spacial score (nSPS) is 15.6. The van der Waals surface area contributed by atoms with E-state index < -0.39 is 42.6 Å². The van der Waals surface area contributed by atoms with Crippen LogP contribution in [0.2, 0.25) is 0 Å². The lowest BCUT2D eigenvalue weighted by molar-refractivity contribution is -0.141. The molecular weight excluding hydrogens is 488 g/mol. The molecule has 0 bridgehead atoms. The molecule has 2 aromatic rings. The number of hydrogen-bond acceptors (Lipinski definition) is 6. The Bertz CT molecular complexity index is 1170. The number of methoxy groups -OCH3 is 1. The summed E-state index contributed by atoms with van der Waals surface area (Å²) in [4.78, 5) is 39.3. The van der Waals surface area contributed by atoms with Crippen molar-refractivity contribution in [3.63, 3.8) is 0 Å². The van der Waals surface area contributed by atoms with Crippen LogP contribution in [0.5, 0.6) is 11.5 Å². The second-order valence-electron chi connectivity index (χ2n) is 8.30. The molecular formula is C24H22F4N2O6. The maximum Gasteiger partial charge on any atom is 0.387 e. The van der Waals surface area contributed by atoms with Crippen LogP contribution in [0.1, 0.15) is 46.8 Å². The minimum atomic E-state index is -3.34. The van der Waals surface area contributed by atoms with Crippen molar-refractivity contribution < 1.29 is 46.2 Å². The van der Waals surface area contributed by atoms with Crippen molar-refractivity contribution in [1.29, 1.82) is 0 Å². The molecule has 1 unspecified atom stereocenters. The summed E-state index contributed by atoms with van der Waals surface area (Å²) >= 11 is 0. The van der Waals surface area contributed by atoms with Crippen molar-refractivity contribution >= 4 is 23.5 Å². The summed E-state index contributed by atoms with van der Waals surface area (Å²) in [5.41, 5.74) is 1.33. The zero-order valence-corrected chi connectivity index (χ0v) is 19.0. The topological polar surface area (TPSA) is 94.2 Å². The van der Waals surface area contributed by atoms with E-state index in [2.05, 4.69) is 14.8 Å². The molecule has 0 saturated heterocycles. The van der Waals surface area contributed by atoms with Gasteiger partial charge in [0.25, 0.3) is 5.91 Å². The Labute approximate surface area is 203 Å². The van der Waals surface area contributed by atoms with Gasteiger partial charge in [0.15, 0.2) is 11.5 Å². The highest BCUT2D eigenvalue weighted by Crippen LogP contribution is 2.40. The number of alkyl halides is 4. The van der Waals surface area contributed by atoms with Gasteiger partial charge in [0, 0.05) is 12.5 Å². The van der Waals surface area contributed by atoms with Crippen LogP contribution in [-0.4, -0.2) is 43.0 Å². The van der Waals surface area contributed by atoms with Crippen LogP contribution in [0.25, 0.3) is 0 Å². The fourth-order valence-corrected chi connectivity index (χ4v) is 4.08. The summed E-state index contributed by atoms with van der Waals surface area (Å²) in [6.07, 6.45) is 1.19. The highest BCUT2D eigenvalue weighted by atomic mass is 19.3. The number of esters is 1. The molecule has 4 rings (SSSR count). The first-order valence-corrected chi connectivity index (χ1v) is 11.0. The van der Waals surface area contributed by atoms with E-state index in [0.717, 1.165) is 32.1 Å². The largest absolute Gasteiger partial charge is 0.469 e. The number of nitrogens with zero attached hydrogens (tertiary/aromatic N) is 1. The van der Waals surface area contributed by atoms with Gasteiger partial charge in [0.2, 0.25) is 5.91 Å². The Kier molecular flexibility index (Phi) is 7.32. The average Bonchev–Trinajstić information content (AvgIpc) is 3.62. The molecule has 1 heterocycles. The summed E-state index contributed by atoms with van der Waals surface area (Å²) in [7, 11) is 1.15. The van der Waals surface area contributed by atoms with E-state index in [1.807, 2.05) is 0 Å². The van der Waals surface area contributed by atoms with E-state index >= 15 is 0 Å². The van der Waals surface area contributed by atoms with Crippen molar-refractivity contribution in [3.05, 3.63) is 53.1 Å². The van der Waals surface area contributed by atoms with Gasteiger partial charge in [0.05, 0.1) is 30.8 Å². The molecule has 0 aromatic heterocycles. The molecule has 2 amide bonds. The lowest BCUT2D eigenvalue weighted by Crippen LogP contribution is -2.31. The van der Waals surface area contributed by atoms with Gasteiger partial charge in [-0.05, 0) is 42.2 Å². The number of rotatable bonds is 10. The van der Waals surface area contributed by atoms with Gasteiger partial charge >= 0.3 is 19.2 Å². The highest BCUT2D eigenvalue weighted by Gasteiger charge is 2.38. The molecule has 36 heavy (non-hydrogen) atoms. The number of halogens is 4. The Hall–Kier alpha value is -3.83. The van der Waals surface area contributed by atoms with E-state index in [9.17, 15) is 31.9 Å². The second-order valence-corrected chi connectivity index (χ2v) is 8.30. The van der Waals surface area contributed by atoms with E-state index in [-0.39, 0.29) is 35.9 Å². The van der Waals surface area contributed by atoms with Crippen molar-refractivity contribution in [2.24, 2.45) is 5.92 Å². The maximum absolute atomic E-state index is 13.5. The Morgan fingerprint density at radius 3 is 2.39 bits per heavy atom. The molecule has 2 aliphatic rings. The number of amides is 2. The van der Waals surface area contributed by atoms with Gasteiger partial charge in [-0.1, -0.05) is 18.2 Å². The first-order valence-electron chi connectivity index (χ1n) is 11.0. The molecule has 1 N–H and O–H groups in total. The number of benzene rings is 2. The third-order valence-electron chi connectivity index (χ3n) is 5.92. The van der Waals surface area contributed by atoms with Crippen LogP contribution in [0.15, 0.2) is 36.4 Å². The molecule has 8 nitrogen and oxygen atoms in total. The van der Waals surface area contributed by atoms with Gasteiger partial charge in [-0.2, -0.15) is 17.6 Å². The fraction of sp³-hybridized carbons (Fsp3) is 0.375. The number of carbonyl (C=O) groups is 3. The van der Waals surface area contributed by atoms with E-state index in [0.29, 0.717) is 11.3 Å². The smallest absolute Gasteiger partial charge is 0.387 e. The third kappa shape index (κ3) is 5.52. The molecule has 2 aromatic carbocycles. The van der Waals surface area contributed by atoms with Crippen molar-refractivity contribution in [1.82, 2.24) is 4.90 Å². The lowest BCUT2D eigenvalue weighted by Gasteiger charge is -2.28. The summed E-state index contributed by atoms with van der Waals surface area (Å²) in [5, 5.41) is 2.77. The van der Waals surface area contributed by atoms with Gasteiger partial charge in [-0.15, -0.1) is 0 Å². The first kappa shape index (κ1) is 25.3. The zero-order valence-electron chi connectivity index (χ0n) is 19.0. The number of ether oxygens (including phenoxy) is 3. The minimum absolute atomic E-state index is 0.0449. The quantitative estimate of drug-likeness (QED) is 0.374. The summed E-state index contributed by atoms with van der Waals surface area (Å²) < 4.78 is 64.7. The van der Waals surface area contributed by atoms with E-state index in [4.69, 9.17) is 4.74 Å². The van der Waals surface area contributed by atoms with Crippen LogP contribution in [0, 0.1) is 5.92 Å². The molecule has 12 heteroatoms. The minimum Gasteiger partial charge on any atom is -0.469 e. The molecule has 1 aliphatic heterocycles. The molecule has 1 saturated carbocycles. The van der Waals surface area contributed by atoms with Crippen LogP contribution in [0.4, 0.5) is 23.2 Å². The van der Waals surface area contributed by atoms with Crippen molar-refractivity contribution in [2.45, 2.75) is 45.1 Å². The molecule has 192 valence electrons. The standard InChI is InChI=1S/C24H22F4N2O6/c1-34-19(31)10-16(13-7-8-17(35-23(25)26)18(9-13)36-24(27)28)30-11-14-3-2-4-15(20(14)22(30)33)29-21(32)12-5-6-12/h2-4,7-9,12,16,23-24H,5-6,10-11H2,1H3,(H,29,32). The number of fused-ring (bicyclic) bond motifs is 1. The summed E-state index contributed by atoms with van der Waals surface area (Å²) in [5.74, 6) is -2.80. The lowest BCUT2D eigenvalue weighted by atomic mass is 10.0.